The van der Waals surface area contributed by atoms with E-state index in [0.717, 1.165) is 38.5 Å². The first-order valence-corrected chi connectivity index (χ1v) is 13.2. The Hall–Kier alpha value is -3.00. The first kappa shape index (κ1) is 27.0. The fraction of sp³-hybridized carbons (Fsp3) is 0.517. The molecule has 2 N–H and O–H groups in total. The molecule has 2 fully saturated rings. The number of hydrogen-bond donors (Lipinski definition) is 2. The van der Waals surface area contributed by atoms with Gasteiger partial charge in [-0.05, 0) is 67.5 Å². The van der Waals surface area contributed by atoms with Crippen molar-refractivity contribution in [3.63, 3.8) is 0 Å². The lowest BCUT2D eigenvalue weighted by atomic mass is 9.78. The molecular weight excluding hydrogens is 480 g/mol. The number of anilines is 1. The highest BCUT2D eigenvalue weighted by Crippen LogP contribution is 2.40. The topological polar surface area (TPSA) is 84.9 Å². The molecule has 2 aromatic carbocycles. The van der Waals surface area contributed by atoms with Gasteiger partial charge in [-0.3, -0.25) is 9.59 Å². The zero-order valence-corrected chi connectivity index (χ0v) is 21.2. The van der Waals surface area contributed by atoms with Gasteiger partial charge in [0.1, 0.15) is 5.75 Å². The van der Waals surface area contributed by atoms with Crippen LogP contribution in [0.25, 0.3) is 11.1 Å². The Kier molecular flexibility index (Phi) is 9.14. The van der Waals surface area contributed by atoms with Gasteiger partial charge in [0.15, 0.2) is 0 Å². The molecule has 0 aromatic heterocycles. The summed E-state index contributed by atoms with van der Waals surface area (Å²) in [7, 11) is 0. The van der Waals surface area contributed by atoms with Crippen LogP contribution in [-0.4, -0.2) is 29.7 Å². The van der Waals surface area contributed by atoms with Crippen LogP contribution in [-0.2, 0) is 20.9 Å². The van der Waals surface area contributed by atoms with E-state index in [-0.39, 0.29) is 36.5 Å². The molecule has 1 amide bonds. The molecule has 0 saturated heterocycles. The third-order valence-electron chi connectivity index (χ3n) is 7.44. The third kappa shape index (κ3) is 6.47. The molecular formula is C29H35F2NO5. The molecule has 0 spiro atoms. The number of carboxylic acid groups (broad SMARTS) is 1. The molecule has 6 nitrogen and oxygen atoms in total. The van der Waals surface area contributed by atoms with Crippen LogP contribution in [0.4, 0.5) is 14.5 Å². The van der Waals surface area contributed by atoms with Gasteiger partial charge in [-0.25, -0.2) is 8.78 Å². The Morgan fingerprint density at radius 3 is 2.38 bits per heavy atom. The Bertz CT molecular complexity index is 1100. The highest BCUT2D eigenvalue weighted by molar-refractivity contribution is 5.95. The third-order valence-corrected chi connectivity index (χ3v) is 7.44. The van der Waals surface area contributed by atoms with Crippen LogP contribution in [0.2, 0.25) is 0 Å². The minimum absolute atomic E-state index is 0.119. The molecule has 2 aliphatic carbocycles. The summed E-state index contributed by atoms with van der Waals surface area (Å²) in [6, 6.07) is 10.0. The van der Waals surface area contributed by atoms with Crippen LogP contribution in [0.1, 0.15) is 75.8 Å². The predicted molar refractivity (Wildman–Crippen MR) is 137 cm³/mol. The van der Waals surface area contributed by atoms with Crippen molar-refractivity contribution >= 4 is 17.6 Å². The monoisotopic (exact) mass is 515 g/mol. The number of rotatable bonds is 10. The number of amides is 1. The first-order chi connectivity index (χ1) is 17.9. The highest BCUT2D eigenvalue weighted by Gasteiger charge is 2.35. The maximum Gasteiger partial charge on any atom is 0.307 e. The Morgan fingerprint density at radius 1 is 1.00 bits per heavy atom. The molecule has 200 valence electrons. The van der Waals surface area contributed by atoms with Gasteiger partial charge >= 0.3 is 5.97 Å². The van der Waals surface area contributed by atoms with Crippen molar-refractivity contribution in [2.24, 2.45) is 11.8 Å². The number of benzene rings is 2. The average molecular weight is 516 g/mol. The molecule has 37 heavy (non-hydrogen) atoms. The number of hydrogen-bond acceptors (Lipinski definition) is 4. The molecule has 0 aliphatic heterocycles. The second-order valence-corrected chi connectivity index (χ2v) is 9.87. The van der Waals surface area contributed by atoms with Crippen molar-refractivity contribution in [3.8, 4) is 16.9 Å². The lowest BCUT2D eigenvalue weighted by Gasteiger charge is -2.27. The Morgan fingerprint density at radius 2 is 1.70 bits per heavy atom. The normalized spacial score (nSPS) is 20.2. The van der Waals surface area contributed by atoms with Crippen molar-refractivity contribution in [2.45, 2.75) is 77.4 Å². The molecule has 2 aromatic rings. The van der Waals surface area contributed by atoms with Crippen LogP contribution in [0, 0.1) is 11.8 Å². The molecule has 8 heteroatoms. The van der Waals surface area contributed by atoms with Gasteiger partial charge in [-0.15, -0.1) is 0 Å². The second kappa shape index (κ2) is 12.5. The summed E-state index contributed by atoms with van der Waals surface area (Å²) in [4.78, 5) is 24.7. The van der Waals surface area contributed by atoms with E-state index in [1.165, 1.54) is 0 Å². The maximum absolute atomic E-state index is 14.2. The molecule has 2 saturated carbocycles. The average Bonchev–Trinajstić information content (AvgIpc) is 3.41. The van der Waals surface area contributed by atoms with Gasteiger partial charge < -0.3 is 19.9 Å². The number of carbonyl (C=O) groups excluding carboxylic acids is 1. The number of alkyl halides is 2. The summed E-state index contributed by atoms with van der Waals surface area (Å²) in [5.41, 5.74) is 1.96. The highest BCUT2D eigenvalue weighted by atomic mass is 19.3. The van der Waals surface area contributed by atoms with Gasteiger partial charge in [0.2, 0.25) is 5.91 Å². The Labute approximate surface area is 216 Å². The van der Waals surface area contributed by atoms with Crippen LogP contribution >= 0.6 is 0 Å². The van der Waals surface area contributed by atoms with E-state index >= 15 is 0 Å². The van der Waals surface area contributed by atoms with E-state index in [0.29, 0.717) is 35.2 Å². The molecule has 4 rings (SSSR count). The van der Waals surface area contributed by atoms with E-state index in [1.807, 2.05) is 0 Å². The van der Waals surface area contributed by atoms with Crippen molar-refractivity contribution in [1.29, 1.82) is 0 Å². The fourth-order valence-corrected chi connectivity index (χ4v) is 5.58. The number of ether oxygens (including phenoxy) is 2. The fourth-order valence-electron chi connectivity index (χ4n) is 5.58. The zero-order chi connectivity index (χ0) is 26.4. The standard InChI is InChI=1S/C29H35F2NO5/c1-2-36-25-13-7-12-22(26(25)27(30)31)21-15-14-19(16-18(21)17-37-20-8-3-4-9-20)32-28(33)23-10-5-6-11-24(23)29(34)35/h7,12-16,20,23-24,27H,2-6,8-11,17H2,1H3,(H,32,33)(H,34,35)/t23-,24+/m1/s1. The predicted octanol–water partition coefficient (Wildman–Crippen LogP) is 6.98. The summed E-state index contributed by atoms with van der Waals surface area (Å²) in [6.07, 6.45) is 4.14. The largest absolute Gasteiger partial charge is 0.493 e. The van der Waals surface area contributed by atoms with Gasteiger partial charge in [0.05, 0.1) is 36.7 Å². The summed E-state index contributed by atoms with van der Waals surface area (Å²) in [5, 5.41) is 12.4. The molecule has 0 unspecified atom stereocenters. The zero-order valence-electron chi connectivity index (χ0n) is 21.2. The number of carbonyl (C=O) groups is 2. The second-order valence-electron chi connectivity index (χ2n) is 9.87. The number of aliphatic carboxylic acids is 1. The summed E-state index contributed by atoms with van der Waals surface area (Å²) < 4.78 is 40.0. The minimum Gasteiger partial charge on any atom is -0.493 e. The quantitative estimate of drug-likeness (QED) is 0.357. The first-order valence-electron chi connectivity index (χ1n) is 13.2. The van der Waals surface area contributed by atoms with Crippen LogP contribution in [0.3, 0.4) is 0 Å². The van der Waals surface area contributed by atoms with E-state index in [9.17, 15) is 23.5 Å². The lowest BCUT2D eigenvalue weighted by molar-refractivity contribution is -0.147. The number of nitrogens with one attached hydrogen (secondary N) is 1. The number of halogens is 2. The van der Waals surface area contributed by atoms with Crippen molar-refractivity contribution in [2.75, 3.05) is 11.9 Å². The van der Waals surface area contributed by atoms with Gasteiger partial charge in [-0.2, -0.15) is 0 Å². The van der Waals surface area contributed by atoms with E-state index < -0.39 is 24.2 Å². The van der Waals surface area contributed by atoms with Crippen molar-refractivity contribution < 1.29 is 33.0 Å². The molecule has 0 bridgehead atoms. The minimum atomic E-state index is -2.74. The van der Waals surface area contributed by atoms with E-state index in [2.05, 4.69) is 5.32 Å². The van der Waals surface area contributed by atoms with Gasteiger partial charge in [0.25, 0.3) is 6.43 Å². The van der Waals surface area contributed by atoms with Crippen LogP contribution < -0.4 is 10.1 Å². The smallest absolute Gasteiger partial charge is 0.307 e. The van der Waals surface area contributed by atoms with Crippen molar-refractivity contribution in [3.05, 3.63) is 47.5 Å². The summed E-state index contributed by atoms with van der Waals surface area (Å²) in [5.74, 6) is -2.43. The lowest BCUT2D eigenvalue weighted by Crippen LogP contribution is -2.36. The Balaban J connectivity index is 1.66. The molecule has 2 atom stereocenters. The molecule has 2 aliphatic rings. The molecule has 0 radical (unpaired) electrons. The number of carboxylic acids is 1. The SMILES string of the molecule is CCOc1cccc(-c2ccc(NC(=O)[C@@H]3CCCC[C@@H]3C(=O)O)cc2COC2CCCC2)c1C(F)F. The van der Waals surface area contributed by atoms with Crippen molar-refractivity contribution in [1.82, 2.24) is 0 Å². The van der Waals surface area contributed by atoms with E-state index in [4.69, 9.17) is 9.47 Å². The molecule has 0 heterocycles. The van der Waals surface area contributed by atoms with Gasteiger partial charge in [-0.1, -0.05) is 43.9 Å². The summed E-state index contributed by atoms with van der Waals surface area (Å²) in [6.45, 7) is 2.23. The maximum atomic E-state index is 14.2. The van der Waals surface area contributed by atoms with Crippen LogP contribution in [0.15, 0.2) is 36.4 Å². The van der Waals surface area contributed by atoms with E-state index in [1.54, 1.807) is 43.3 Å². The van der Waals surface area contributed by atoms with Gasteiger partial charge in [0, 0.05) is 5.69 Å². The summed E-state index contributed by atoms with van der Waals surface area (Å²) >= 11 is 0. The van der Waals surface area contributed by atoms with Crippen LogP contribution in [0.5, 0.6) is 5.75 Å².